The Morgan fingerprint density at radius 3 is 2.44 bits per heavy atom. The molecule has 0 radical (unpaired) electrons. The van der Waals surface area contributed by atoms with Crippen molar-refractivity contribution in [2.45, 2.75) is 25.8 Å². The number of hydrogen-bond donors (Lipinski definition) is 2. The van der Waals surface area contributed by atoms with Gasteiger partial charge in [0.2, 0.25) is 5.91 Å². The van der Waals surface area contributed by atoms with Gasteiger partial charge in [0.1, 0.15) is 11.6 Å². The average Bonchev–Trinajstić information content (AvgIpc) is 2.16. The third-order valence-electron chi connectivity index (χ3n) is 2.07. The Bertz CT molecular complexity index is 362. The minimum absolute atomic E-state index is 0.0778. The molecule has 0 bridgehead atoms. The van der Waals surface area contributed by atoms with Crippen molar-refractivity contribution in [3.05, 3.63) is 29.8 Å². The van der Waals surface area contributed by atoms with Crippen molar-refractivity contribution in [3.8, 4) is 0 Å². The van der Waals surface area contributed by atoms with E-state index < -0.39 is 23.6 Å². The molecule has 3 N–H and O–H groups in total. The molecule has 0 aromatic heterocycles. The number of halogens is 2. The van der Waals surface area contributed by atoms with E-state index in [-0.39, 0.29) is 5.69 Å². The summed E-state index contributed by atoms with van der Waals surface area (Å²) >= 11 is 0. The Morgan fingerprint density at radius 2 is 1.94 bits per heavy atom. The van der Waals surface area contributed by atoms with E-state index in [0.29, 0.717) is 6.42 Å². The number of amides is 1. The van der Waals surface area contributed by atoms with Crippen LogP contribution in [0.15, 0.2) is 18.2 Å². The molecule has 0 saturated carbocycles. The van der Waals surface area contributed by atoms with Gasteiger partial charge < -0.3 is 11.1 Å². The molecule has 1 aromatic carbocycles. The number of nitrogens with two attached hydrogens (primary N) is 1. The van der Waals surface area contributed by atoms with Crippen LogP contribution in [0.3, 0.4) is 0 Å². The van der Waals surface area contributed by atoms with Crippen molar-refractivity contribution in [1.29, 1.82) is 0 Å². The highest BCUT2D eigenvalue weighted by Gasteiger charge is 2.12. The molecule has 0 heterocycles. The maximum absolute atomic E-state index is 12.8. The Balaban J connectivity index is 2.69. The van der Waals surface area contributed by atoms with Gasteiger partial charge in [-0.05, 0) is 18.6 Å². The van der Waals surface area contributed by atoms with Crippen molar-refractivity contribution in [2.24, 2.45) is 5.73 Å². The second-order valence-electron chi connectivity index (χ2n) is 3.54. The lowest BCUT2D eigenvalue weighted by Crippen LogP contribution is -2.35. The number of anilines is 1. The summed E-state index contributed by atoms with van der Waals surface area (Å²) in [5.74, 6) is -1.91. The summed E-state index contributed by atoms with van der Waals surface area (Å²) in [6, 6.07) is 2.16. The van der Waals surface area contributed by atoms with E-state index >= 15 is 0 Å². The van der Waals surface area contributed by atoms with Crippen LogP contribution >= 0.6 is 0 Å². The zero-order valence-corrected chi connectivity index (χ0v) is 8.97. The van der Waals surface area contributed by atoms with Crippen molar-refractivity contribution in [1.82, 2.24) is 0 Å². The summed E-state index contributed by atoms with van der Waals surface area (Å²) in [5, 5.41) is 2.36. The molecule has 1 aromatic rings. The molecular formula is C11H14F2N2O. The first-order chi connectivity index (χ1) is 7.52. The highest BCUT2D eigenvalue weighted by Crippen LogP contribution is 2.13. The first-order valence-corrected chi connectivity index (χ1v) is 5.05. The van der Waals surface area contributed by atoms with Crippen LogP contribution in [0.2, 0.25) is 0 Å². The summed E-state index contributed by atoms with van der Waals surface area (Å²) in [4.78, 5) is 11.4. The van der Waals surface area contributed by atoms with Crippen LogP contribution in [0.4, 0.5) is 14.5 Å². The molecule has 88 valence electrons. The average molecular weight is 228 g/mol. The fourth-order valence-corrected chi connectivity index (χ4v) is 1.30. The number of rotatable bonds is 4. The van der Waals surface area contributed by atoms with Crippen LogP contribution in [0.5, 0.6) is 0 Å². The predicted molar refractivity (Wildman–Crippen MR) is 57.9 cm³/mol. The molecule has 1 amide bonds. The summed E-state index contributed by atoms with van der Waals surface area (Å²) in [6.07, 6.45) is 1.30. The van der Waals surface area contributed by atoms with Gasteiger partial charge in [-0.1, -0.05) is 13.3 Å². The largest absolute Gasteiger partial charge is 0.325 e. The van der Waals surface area contributed by atoms with E-state index in [0.717, 1.165) is 24.6 Å². The summed E-state index contributed by atoms with van der Waals surface area (Å²) < 4.78 is 25.6. The minimum atomic E-state index is -0.737. The lowest BCUT2D eigenvalue weighted by atomic mass is 10.1. The molecule has 0 aliphatic heterocycles. The smallest absolute Gasteiger partial charge is 0.241 e. The Labute approximate surface area is 92.6 Å². The Morgan fingerprint density at radius 1 is 1.38 bits per heavy atom. The molecule has 1 unspecified atom stereocenters. The first kappa shape index (κ1) is 12.6. The van der Waals surface area contributed by atoms with Crippen molar-refractivity contribution >= 4 is 11.6 Å². The molecule has 0 aliphatic carbocycles. The molecule has 1 atom stereocenters. The molecule has 5 heteroatoms. The summed E-state index contributed by atoms with van der Waals surface area (Å²) in [6.45, 7) is 1.90. The molecule has 0 aliphatic rings. The van der Waals surface area contributed by atoms with Gasteiger partial charge in [-0.2, -0.15) is 0 Å². The molecule has 1 rings (SSSR count). The van der Waals surface area contributed by atoms with Crippen LogP contribution in [0.25, 0.3) is 0 Å². The maximum atomic E-state index is 12.8. The zero-order chi connectivity index (χ0) is 12.1. The Hall–Kier alpha value is -1.49. The number of hydrogen-bond acceptors (Lipinski definition) is 2. The number of nitrogens with one attached hydrogen (secondary N) is 1. The second-order valence-corrected chi connectivity index (χ2v) is 3.54. The van der Waals surface area contributed by atoms with Gasteiger partial charge in [-0.3, -0.25) is 4.79 Å². The van der Waals surface area contributed by atoms with Gasteiger partial charge in [0.25, 0.3) is 0 Å². The lowest BCUT2D eigenvalue weighted by molar-refractivity contribution is -0.117. The highest BCUT2D eigenvalue weighted by atomic mass is 19.1. The van der Waals surface area contributed by atoms with Gasteiger partial charge in [0, 0.05) is 11.8 Å². The van der Waals surface area contributed by atoms with Gasteiger partial charge in [-0.15, -0.1) is 0 Å². The van der Waals surface area contributed by atoms with E-state index in [1.807, 2.05) is 6.92 Å². The van der Waals surface area contributed by atoms with Crippen molar-refractivity contribution < 1.29 is 13.6 Å². The third kappa shape index (κ3) is 3.58. The van der Waals surface area contributed by atoms with E-state index in [2.05, 4.69) is 5.32 Å². The van der Waals surface area contributed by atoms with Crippen molar-refractivity contribution in [2.75, 3.05) is 5.32 Å². The number of benzene rings is 1. The molecule has 0 fully saturated rings. The highest BCUT2D eigenvalue weighted by molar-refractivity contribution is 5.94. The molecular weight excluding hydrogens is 214 g/mol. The van der Waals surface area contributed by atoms with Crippen LogP contribution in [-0.4, -0.2) is 11.9 Å². The predicted octanol–water partition coefficient (Wildman–Crippen LogP) is 2.03. The van der Waals surface area contributed by atoms with Gasteiger partial charge >= 0.3 is 0 Å². The normalized spacial score (nSPS) is 12.2. The standard InChI is InChI=1S/C11H14F2N2O/c1-2-3-10(14)11(16)15-9-5-7(12)4-8(13)6-9/h4-6,10H,2-3,14H2,1H3,(H,15,16). The maximum Gasteiger partial charge on any atom is 0.241 e. The first-order valence-electron chi connectivity index (χ1n) is 5.05. The lowest BCUT2D eigenvalue weighted by Gasteiger charge is -2.11. The summed E-state index contributed by atoms with van der Waals surface area (Å²) in [7, 11) is 0. The zero-order valence-electron chi connectivity index (χ0n) is 8.97. The van der Waals surface area contributed by atoms with Crippen LogP contribution in [0, 0.1) is 11.6 Å². The number of carbonyl (C=O) groups excluding carboxylic acids is 1. The van der Waals surface area contributed by atoms with Gasteiger partial charge in [-0.25, -0.2) is 8.78 Å². The molecule has 0 saturated heterocycles. The van der Waals surface area contributed by atoms with Crippen molar-refractivity contribution in [3.63, 3.8) is 0 Å². The monoisotopic (exact) mass is 228 g/mol. The van der Waals surface area contributed by atoms with E-state index in [4.69, 9.17) is 5.73 Å². The quantitative estimate of drug-likeness (QED) is 0.828. The fraction of sp³-hybridized carbons (Fsp3) is 0.364. The fourth-order valence-electron chi connectivity index (χ4n) is 1.30. The topological polar surface area (TPSA) is 55.1 Å². The van der Waals surface area contributed by atoms with E-state index in [9.17, 15) is 13.6 Å². The molecule has 0 spiro atoms. The number of carbonyl (C=O) groups is 1. The minimum Gasteiger partial charge on any atom is -0.325 e. The van der Waals surface area contributed by atoms with Crippen LogP contribution in [-0.2, 0) is 4.79 Å². The SMILES string of the molecule is CCCC(N)C(=O)Nc1cc(F)cc(F)c1. The Kier molecular flexibility index (Phi) is 4.37. The summed E-state index contributed by atoms with van der Waals surface area (Å²) in [5.41, 5.74) is 5.63. The van der Waals surface area contributed by atoms with E-state index in [1.54, 1.807) is 0 Å². The van der Waals surface area contributed by atoms with E-state index in [1.165, 1.54) is 0 Å². The van der Waals surface area contributed by atoms with Crippen LogP contribution < -0.4 is 11.1 Å². The van der Waals surface area contributed by atoms with Gasteiger partial charge in [0.05, 0.1) is 6.04 Å². The van der Waals surface area contributed by atoms with Gasteiger partial charge in [0.15, 0.2) is 0 Å². The molecule has 3 nitrogen and oxygen atoms in total. The van der Waals surface area contributed by atoms with Crippen LogP contribution in [0.1, 0.15) is 19.8 Å². The third-order valence-corrected chi connectivity index (χ3v) is 2.07. The molecule has 16 heavy (non-hydrogen) atoms. The second kappa shape index (κ2) is 5.55.